The summed E-state index contributed by atoms with van der Waals surface area (Å²) in [4.78, 5) is 38.2. The lowest BCUT2D eigenvalue weighted by molar-refractivity contribution is -0.122. The van der Waals surface area contributed by atoms with E-state index in [0.717, 1.165) is 10.5 Å². The fraction of sp³-hybridized carbons (Fsp3) is 0.0556. The van der Waals surface area contributed by atoms with Gasteiger partial charge in [0, 0.05) is 5.02 Å². The van der Waals surface area contributed by atoms with Crippen LogP contribution < -0.4 is 10.2 Å². The smallest absolute Gasteiger partial charge is 0.335 e. The van der Waals surface area contributed by atoms with Gasteiger partial charge in [0.15, 0.2) is 0 Å². The molecule has 2 N–H and O–H groups in total. The van der Waals surface area contributed by atoms with Gasteiger partial charge in [-0.2, -0.15) is 0 Å². The number of nitrogens with zero attached hydrogens (tertiary/aromatic N) is 1. The normalized spacial score (nSPS) is 16.1. The van der Waals surface area contributed by atoms with E-state index in [2.05, 4.69) is 21.2 Å². The zero-order chi connectivity index (χ0) is 19.9. The molecule has 0 aromatic heterocycles. The fourth-order valence-electron chi connectivity index (χ4n) is 2.45. The number of aromatic hydroxyl groups is 1. The van der Waals surface area contributed by atoms with E-state index in [1.807, 2.05) is 22.6 Å². The number of hydrogen-bond acceptors (Lipinski definition) is 4. The molecule has 9 heteroatoms. The molecule has 4 amide bonds. The highest BCUT2D eigenvalue weighted by Gasteiger charge is 2.37. The van der Waals surface area contributed by atoms with E-state index in [1.54, 1.807) is 31.2 Å². The number of halogens is 3. The Morgan fingerprint density at radius 2 is 1.93 bits per heavy atom. The van der Waals surface area contributed by atoms with E-state index in [0.29, 0.717) is 18.6 Å². The maximum atomic E-state index is 12.9. The summed E-state index contributed by atoms with van der Waals surface area (Å²) in [6.45, 7) is 1.80. The van der Waals surface area contributed by atoms with Crippen molar-refractivity contribution in [2.45, 2.75) is 6.92 Å². The average molecular weight is 562 g/mol. The molecule has 138 valence electrons. The number of rotatable bonds is 2. The molecule has 0 unspecified atom stereocenters. The Kier molecular flexibility index (Phi) is 5.59. The molecule has 1 aliphatic heterocycles. The zero-order valence-electron chi connectivity index (χ0n) is 13.7. The van der Waals surface area contributed by atoms with Crippen molar-refractivity contribution in [1.29, 1.82) is 0 Å². The predicted molar refractivity (Wildman–Crippen MR) is 114 cm³/mol. The van der Waals surface area contributed by atoms with E-state index in [4.69, 9.17) is 11.6 Å². The van der Waals surface area contributed by atoms with Gasteiger partial charge in [0.25, 0.3) is 11.8 Å². The van der Waals surface area contributed by atoms with Crippen molar-refractivity contribution in [2.75, 3.05) is 4.90 Å². The Morgan fingerprint density at radius 1 is 1.22 bits per heavy atom. The first kappa shape index (κ1) is 19.8. The Hall–Kier alpha value is -1.91. The van der Waals surface area contributed by atoms with Crippen molar-refractivity contribution in [1.82, 2.24) is 5.32 Å². The maximum Gasteiger partial charge on any atom is 0.335 e. The molecule has 3 rings (SSSR count). The third-order valence-corrected chi connectivity index (χ3v) is 5.70. The Balaban J connectivity index is 2.06. The van der Waals surface area contributed by atoms with Crippen LogP contribution in [0.4, 0.5) is 10.5 Å². The predicted octanol–water partition coefficient (Wildman–Crippen LogP) is 4.39. The average Bonchev–Trinajstić information content (AvgIpc) is 2.59. The topological polar surface area (TPSA) is 86.7 Å². The summed E-state index contributed by atoms with van der Waals surface area (Å²) in [6.07, 6.45) is 1.36. The SMILES string of the molecule is Cc1ccc(N2C(=O)NC(=O)/C(=C/c3cc(Br)c(O)c(I)c3)C2=O)cc1Cl. The van der Waals surface area contributed by atoms with Gasteiger partial charge < -0.3 is 5.11 Å². The van der Waals surface area contributed by atoms with Gasteiger partial charge in [-0.15, -0.1) is 0 Å². The van der Waals surface area contributed by atoms with Crippen LogP contribution in [0.15, 0.2) is 40.4 Å². The molecular formula is C18H11BrClIN2O4. The zero-order valence-corrected chi connectivity index (χ0v) is 18.2. The van der Waals surface area contributed by atoms with Crippen molar-refractivity contribution in [2.24, 2.45) is 0 Å². The summed E-state index contributed by atoms with van der Waals surface area (Å²) in [5.74, 6) is -1.50. The number of urea groups is 1. The lowest BCUT2D eigenvalue weighted by Crippen LogP contribution is -2.54. The van der Waals surface area contributed by atoms with Crippen molar-refractivity contribution in [3.05, 3.63) is 60.1 Å². The minimum atomic E-state index is -0.844. The second-order valence-electron chi connectivity index (χ2n) is 5.72. The molecular weight excluding hydrogens is 550 g/mol. The van der Waals surface area contributed by atoms with Gasteiger partial charge >= 0.3 is 6.03 Å². The molecule has 0 aliphatic carbocycles. The van der Waals surface area contributed by atoms with Crippen molar-refractivity contribution in [3.8, 4) is 5.75 Å². The van der Waals surface area contributed by atoms with Crippen molar-refractivity contribution < 1.29 is 19.5 Å². The number of imide groups is 2. The van der Waals surface area contributed by atoms with Crippen LogP contribution in [-0.4, -0.2) is 23.0 Å². The molecule has 0 saturated carbocycles. The number of carbonyl (C=O) groups is 3. The minimum absolute atomic E-state index is 0.0586. The molecule has 2 aromatic rings. The molecule has 6 nitrogen and oxygen atoms in total. The highest BCUT2D eigenvalue weighted by molar-refractivity contribution is 14.1. The number of amides is 4. The first-order chi connectivity index (χ1) is 12.7. The summed E-state index contributed by atoms with van der Waals surface area (Å²) in [7, 11) is 0. The number of phenols is 1. The fourth-order valence-corrected chi connectivity index (χ4v) is 4.12. The highest BCUT2D eigenvalue weighted by Crippen LogP contribution is 2.32. The lowest BCUT2D eigenvalue weighted by Gasteiger charge is -2.26. The number of phenolic OH excluding ortho intramolecular Hbond substituents is 1. The van der Waals surface area contributed by atoms with Crippen molar-refractivity contribution in [3.63, 3.8) is 0 Å². The summed E-state index contributed by atoms with van der Waals surface area (Å²) in [5, 5.41) is 12.4. The van der Waals surface area contributed by atoms with Crippen LogP contribution in [0.25, 0.3) is 6.08 Å². The van der Waals surface area contributed by atoms with Crippen LogP contribution in [0.1, 0.15) is 11.1 Å². The number of hydrogen-bond donors (Lipinski definition) is 2. The number of nitrogens with one attached hydrogen (secondary N) is 1. The van der Waals surface area contributed by atoms with Crippen LogP contribution in [0.5, 0.6) is 5.75 Å². The third kappa shape index (κ3) is 3.87. The first-order valence-corrected chi connectivity index (χ1v) is 9.79. The number of anilines is 1. The summed E-state index contributed by atoms with van der Waals surface area (Å²) >= 11 is 11.2. The van der Waals surface area contributed by atoms with Gasteiger partial charge in [-0.05, 0) is 86.9 Å². The molecule has 1 saturated heterocycles. The standard InChI is InChI=1S/C18H11BrClIN2O4/c1-8-2-3-10(7-13(8)20)23-17(26)11(16(25)22-18(23)27)4-9-5-12(19)15(24)14(21)6-9/h2-7,24H,1H3,(H,22,25,27)/b11-4-. The van der Waals surface area contributed by atoms with Gasteiger partial charge in [0.05, 0.1) is 13.7 Å². The molecule has 27 heavy (non-hydrogen) atoms. The summed E-state index contributed by atoms with van der Waals surface area (Å²) in [6, 6.07) is 7.07. The van der Waals surface area contributed by atoms with Crippen LogP contribution in [0.2, 0.25) is 5.02 Å². The minimum Gasteiger partial charge on any atom is -0.506 e. The van der Waals surface area contributed by atoms with Gasteiger partial charge in [0.1, 0.15) is 11.3 Å². The van der Waals surface area contributed by atoms with Crippen LogP contribution in [-0.2, 0) is 9.59 Å². The lowest BCUT2D eigenvalue weighted by atomic mass is 10.1. The maximum absolute atomic E-state index is 12.9. The largest absolute Gasteiger partial charge is 0.506 e. The molecule has 1 heterocycles. The molecule has 0 spiro atoms. The van der Waals surface area contributed by atoms with Gasteiger partial charge in [0.2, 0.25) is 0 Å². The van der Waals surface area contributed by atoms with Gasteiger partial charge in [-0.1, -0.05) is 17.7 Å². The van der Waals surface area contributed by atoms with E-state index >= 15 is 0 Å². The second-order valence-corrected chi connectivity index (χ2v) is 8.15. The number of barbiturate groups is 1. The van der Waals surface area contributed by atoms with Gasteiger partial charge in [-0.25, -0.2) is 9.69 Å². The summed E-state index contributed by atoms with van der Waals surface area (Å²) < 4.78 is 0.957. The third-order valence-electron chi connectivity index (χ3n) is 3.87. The van der Waals surface area contributed by atoms with Crippen LogP contribution in [0, 0.1) is 10.5 Å². The van der Waals surface area contributed by atoms with E-state index in [1.165, 1.54) is 12.1 Å². The second kappa shape index (κ2) is 7.61. The van der Waals surface area contributed by atoms with E-state index < -0.39 is 17.8 Å². The van der Waals surface area contributed by atoms with Crippen LogP contribution >= 0.6 is 50.1 Å². The van der Waals surface area contributed by atoms with E-state index in [9.17, 15) is 19.5 Å². The molecule has 0 bridgehead atoms. The van der Waals surface area contributed by atoms with E-state index in [-0.39, 0.29) is 17.0 Å². The molecule has 0 atom stereocenters. The molecule has 1 aliphatic rings. The molecule has 0 radical (unpaired) electrons. The quantitative estimate of drug-likeness (QED) is 0.324. The monoisotopic (exact) mass is 560 g/mol. The first-order valence-electron chi connectivity index (χ1n) is 7.54. The highest BCUT2D eigenvalue weighted by atomic mass is 127. The molecule has 2 aromatic carbocycles. The number of benzene rings is 2. The summed E-state index contributed by atoms with van der Waals surface area (Å²) in [5.41, 5.74) is 1.35. The number of carbonyl (C=O) groups excluding carboxylic acids is 3. The van der Waals surface area contributed by atoms with Crippen molar-refractivity contribution >= 4 is 79.7 Å². The number of aryl methyl sites for hydroxylation is 1. The van der Waals surface area contributed by atoms with Gasteiger partial charge in [-0.3, -0.25) is 14.9 Å². The Bertz CT molecular complexity index is 1020. The van der Waals surface area contributed by atoms with Crippen LogP contribution in [0.3, 0.4) is 0 Å². The Morgan fingerprint density at radius 3 is 2.56 bits per heavy atom. The Labute approximate surface area is 181 Å². The molecule has 1 fully saturated rings.